The van der Waals surface area contributed by atoms with Crippen LogP contribution in [0.4, 0.5) is 0 Å². The molecule has 4 nitrogen and oxygen atoms in total. The van der Waals surface area contributed by atoms with Crippen LogP contribution < -0.4 is 15.8 Å². The van der Waals surface area contributed by atoms with Gasteiger partial charge in [0.15, 0.2) is 5.96 Å². The van der Waals surface area contributed by atoms with E-state index in [1.807, 2.05) is 12.1 Å². The molecule has 0 bridgehead atoms. The van der Waals surface area contributed by atoms with Crippen molar-refractivity contribution in [3.63, 3.8) is 0 Å². The standard InChI is InChI=1S/C16H27N3O.HI/c1-5-9-18-15(17)19-10-11-20-14-8-6-7-13(12-14)16(2,3)4;/h6-8,12H,5,9-11H2,1-4H3,(H3,17,18,19);1H. The van der Waals surface area contributed by atoms with E-state index < -0.39 is 0 Å². The van der Waals surface area contributed by atoms with Crippen LogP contribution in [-0.2, 0) is 5.41 Å². The molecule has 0 heterocycles. The third kappa shape index (κ3) is 8.14. The quantitative estimate of drug-likeness (QED) is 0.331. The summed E-state index contributed by atoms with van der Waals surface area (Å²) in [6.07, 6.45) is 0.998. The smallest absolute Gasteiger partial charge is 0.188 e. The molecule has 0 aliphatic rings. The fourth-order valence-electron chi connectivity index (χ4n) is 1.69. The second-order valence-corrected chi connectivity index (χ2v) is 5.82. The molecule has 3 N–H and O–H groups in total. The van der Waals surface area contributed by atoms with Gasteiger partial charge in [-0.2, -0.15) is 0 Å². The van der Waals surface area contributed by atoms with Gasteiger partial charge in [-0.3, -0.25) is 4.99 Å². The number of ether oxygens (including phenoxy) is 1. The first-order valence-electron chi connectivity index (χ1n) is 7.20. The van der Waals surface area contributed by atoms with Crippen LogP contribution in [0, 0.1) is 0 Å². The highest BCUT2D eigenvalue weighted by atomic mass is 127. The summed E-state index contributed by atoms with van der Waals surface area (Å²) in [5.41, 5.74) is 7.11. The molecule has 0 unspecified atom stereocenters. The van der Waals surface area contributed by atoms with Gasteiger partial charge in [-0.15, -0.1) is 24.0 Å². The lowest BCUT2D eigenvalue weighted by atomic mass is 9.87. The molecule has 0 fully saturated rings. The summed E-state index contributed by atoms with van der Waals surface area (Å²) >= 11 is 0. The topological polar surface area (TPSA) is 59.6 Å². The highest BCUT2D eigenvalue weighted by Crippen LogP contribution is 2.25. The second-order valence-electron chi connectivity index (χ2n) is 5.82. The van der Waals surface area contributed by atoms with Gasteiger partial charge in [0.25, 0.3) is 0 Å². The number of nitrogens with zero attached hydrogens (tertiary/aromatic N) is 1. The van der Waals surface area contributed by atoms with Crippen LogP contribution in [-0.4, -0.2) is 25.7 Å². The number of nitrogens with two attached hydrogens (primary N) is 1. The van der Waals surface area contributed by atoms with E-state index in [0.717, 1.165) is 18.7 Å². The highest BCUT2D eigenvalue weighted by Gasteiger charge is 2.13. The molecular weight excluding hydrogens is 377 g/mol. The summed E-state index contributed by atoms with van der Waals surface area (Å²) in [5, 5.41) is 3.04. The molecule has 0 aliphatic carbocycles. The molecule has 1 aromatic rings. The summed E-state index contributed by atoms with van der Waals surface area (Å²) in [6, 6.07) is 8.22. The number of aliphatic imine (C=N–C) groups is 1. The molecule has 0 saturated carbocycles. The zero-order valence-corrected chi connectivity index (χ0v) is 15.8. The Morgan fingerprint density at radius 1 is 1.33 bits per heavy atom. The van der Waals surface area contributed by atoms with E-state index in [2.05, 4.69) is 50.1 Å². The summed E-state index contributed by atoms with van der Waals surface area (Å²) in [5.74, 6) is 1.38. The number of hydrogen-bond acceptors (Lipinski definition) is 2. The van der Waals surface area contributed by atoms with Crippen LogP contribution in [0.2, 0.25) is 0 Å². The molecule has 0 spiro atoms. The monoisotopic (exact) mass is 405 g/mol. The summed E-state index contributed by atoms with van der Waals surface area (Å²) < 4.78 is 5.72. The third-order valence-corrected chi connectivity index (χ3v) is 2.88. The number of halogens is 1. The molecular formula is C16H28IN3O. The molecule has 1 rings (SSSR count). The van der Waals surface area contributed by atoms with E-state index in [9.17, 15) is 0 Å². The molecule has 1 aromatic carbocycles. The lowest BCUT2D eigenvalue weighted by Gasteiger charge is -2.19. The number of hydrogen-bond donors (Lipinski definition) is 2. The summed E-state index contributed by atoms with van der Waals surface area (Å²) in [6.45, 7) is 10.6. The van der Waals surface area contributed by atoms with E-state index in [-0.39, 0.29) is 29.4 Å². The molecule has 0 atom stereocenters. The Balaban J connectivity index is 0.00000400. The third-order valence-electron chi connectivity index (χ3n) is 2.88. The normalized spacial score (nSPS) is 11.7. The average molecular weight is 405 g/mol. The molecule has 0 radical (unpaired) electrons. The minimum Gasteiger partial charge on any atom is -0.492 e. The van der Waals surface area contributed by atoms with E-state index in [4.69, 9.17) is 10.5 Å². The minimum atomic E-state index is 0. The van der Waals surface area contributed by atoms with Crippen LogP contribution in [0.15, 0.2) is 29.3 Å². The van der Waals surface area contributed by atoms with Crippen molar-refractivity contribution >= 4 is 29.9 Å². The molecule has 0 amide bonds. The van der Waals surface area contributed by atoms with Crippen molar-refractivity contribution in [2.45, 2.75) is 39.5 Å². The Morgan fingerprint density at radius 2 is 2.05 bits per heavy atom. The number of benzene rings is 1. The molecule has 0 saturated heterocycles. The van der Waals surface area contributed by atoms with Gasteiger partial charge >= 0.3 is 0 Å². The van der Waals surface area contributed by atoms with Gasteiger partial charge in [-0.05, 0) is 29.5 Å². The maximum absolute atomic E-state index is 5.72. The van der Waals surface area contributed by atoms with Crippen LogP contribution >= 0.6 is 24.0 Å². The Labute approximate surface area is 145 Å². The van der Waals surface area contributed by atoms with Crippen molar-refractivity contribution in [3.05, 3.63) is 29.8 Å². The van der Waals surface area contributed by atoms with Gasteiger partial charge in [-0.25, -0.2) is 0 Å². The van der Waals surface area contributed by atoms with Crippen molar-refractivity contribution in [2.24, 2.45) is 10.7 Å². The predicted octanol–water partition coefficient (Wildman–Crippen LogP) is 3.30. The van der Waals surface area contributed by atoms with Crippen LogP contribution in [0.1, 0.15) is 39.7 Å². The van der Waals surface area contributed by atoms with Gasteiger partial charge in [0.05, 0.1) is 6.54 Å². The Bertz CT molecular complexity index is 441. The minimum absolute atomic E-state index is 0. The summed E-state index contributed by atoms with van der Waals surface area (Å²) in [4.78, 5) is 4.16. The molecule has 0 aromatic heterocycles. The van der Waals surface area contributed by atoms with Crippen molar-refractivity contribution in [1.82, 2.24) is 5.32 Å². The van der Waals surface area contributed by atoms with Crippen LogP contribution in [0.25, 0.3) is 0 Å². The molecule has 0 aliphatic heterocycles. The zero-order chi connectivity index (χ0) is 15.0. The van der Waals surface area contributed by atoms with E-state index in [1.54, 1.807) is 0 Å². The molecule has 5 heteroatoms. The first-order valence-corrected chi connectivity index (χ1v) is 7.20. The Hall–Kier alpha value is -0.980. The van der Waals surface area contributed by atoms with Gasteiger partial charge in [0.2, 0.25) is 0 Å². The average Bonchev–Trinajstić information content (AvgIpc) is 2.41. The first kappa shape index (κ1) is 20.0. The number of nitrogens with one attached hydrogen (secondary N) is 1. The first-order chi connectivity index (χ1) is 9.43. The fraction of sp³-hybridized carbons (Fsp3) is 0.562. The Kier molecular flexibility index (Phi) is 9.41. The van der Waals surface area contributed by atoms with Crippen molar-refractivity contribution in [2.75, 3.05) is 19.7 Å². The lowest BCUT2D eigenvalue weighted by Crippen LogP contribution is -2.34. The Morgan fingerprint density at radius 3 is 2.67 bits per heavy atom. The molecule has 21 heavy (non-hydrogen) atoms. The summed E-state index contributed by atoms with van der Waals surface area (Å²) in [7, 11) is 0. The molecule has 120 valence electrons. The van der Waals surface area contributed by atoms with Crippen molar-refractivity contribution in [3.8, 4) is 5.75 Å². The van der Waals surface area contributed by atoms with Crippen molar-refractivity contribution < 1.29 is 4.74 Å². The van der Waals surface area contributed by atoms with Gasteiger partial charge < -0.3 is 15.8 Å². The largest absolute Gasteiger partial charge is 0.492 e. The van der Waals surface area contributed by atoms with Crippen molar-refractivity contribution in [1.29, 1.82) is 0 Å². The van der Waals surface area contributed by atoms with Gasteiger partial charge in [-0.1, -0.05) is 39.8 Å². The maximum atomic E-state index is 5.72. The van der Waals surface area contributed by atoms with E-state index >= 15 is 0 Å². The number of guanidine groups is 1. The highest BCUT2D eigenvalue weighted by molar-refractivity contribution is 14.0. The fourth-order valence-corrected chi connectivity index (χ4v) is 1.69. The zero-order valence-electron chi connectivity index (χ0n) is 13.5. The van der Waals surface area contributed by atoms with Crippen LogP contribution in [0.5, 0.6) is 5.75 Å². The SMILES string of the molecule is CCCN=C(N)NCCOc1cccc(C(C)(C)C)c1.I. The maximum Gasteiger partial charge on any atom is 0.188 e. The van der Waals surface area contributed by atoms with E-state index in [0.29, 0.717) is 19.1 Å². The second kappa shape index (κ2) is 9.87. The number of rotatable bonds is 6. The van der Waals surface area contributed by atoms with Gasteiger partial charge in [0, 0.05) is 6.54 Å². The van der Waals surface area contributed by atoms with Crippen LogP contribution in [0.3, 0.4) is 0 Å². The van der Waals surface area contributed by atoms with Gasteiger partial charge in [0.1, 0.15) is 12.4 Å². The predicted molar refractivity (Wildman–Crippen MR) is 101 cm³/mol. The van der Waals surface area contributed by atoms with E-state index in [1.165, 1.54) is 5.56 Å². The lowest BCUT2D eigenvalue weighted by molar-refractivity contribution is 0.321.